The van der Waals surface area contributed by atoms with E-state index in [1.807, 2.05) is 65.9 Å². The minimum Gasteiger partial charge on any atom is -0.490 e. The van der Waals surface area contributed by atoms with Crippen LogP contribution in [0.25, 0.3) is 11.1 Å². The number of nitrogens with zero attached hydrogens (tertiary/aromatic N) is 1. The van der Waals surface area contributed by atoms with Crippen molar-refractivity contribution in [2.24, 2.45) is 5.92 Å². The van der Waals surface area contributed by atoms with Gasteiger partial charge < -0.3 is 24.8 Å². The zero-order chi connectivity index (χ0) is 27.8. The van der Waals surface area contributed by atoms with Crippen LogP contribution in [0, 0.1) is 19.8 Å². The highest BCUT2D eigenvalue weighted by Gasteiger charge is 2.33. The molecule has 1 heterocycles. The second-order valence-electron chi connectivity index (χ2n) is 12.0. The summed E-state index contributed by atoms with van der Waals surface area (Å²) in [4.78, 5) is 28.3. The van der Waals surface area contributed by atoms with Crippen LogP contribution >= 0.6 is 0 Å². The molecule has 2 aromatic rings. The Labute approximate surface area is 226 Å². The predicted octanol–water partition coefficient (Wildman–Crippen LogP) is 6.05. The Morgan fingerprint density at radius 1 is 1.13 bits per heavy atom. The van der Waals surface area contributed by atoms with Crippen LogP contribution in [0.2, 0.25) is 0 Å². The first-order valence-electron chi connectivity index (χ1n) is 13.7. The minimum absolute atomic E-state index is 0.111. The average molecular weight is 523 g/mol. The van der Waals surface area contributed by atoms with Crippen LogP contribution in [-0.2, 0) is 9.53 Å². The zero-order valence-corrected chi connectivity index (χ0v) is 23.8. The van der Waals surface area contributed by atoms with Gasteiger partial charge >= 0.3 is 5.97 Å². The lowest BCUT2D eigenvalue weighted by molar-refractivity contribution is -0.160. The summed E-state index contributed by atoms with van der Waals surface area (Å²) in [6, 6.07) is 7.88. The average Bonchev–Trinajstić information content (AvgIpc) is 2.84. The molecule has 0 bridgehead atoms. The number of nitrogens with one attached hydrogen (secondary N) is 1. The second kappa shape index (κ2) is 11.0. The van der Waals surface area contributed by atoms with Gasteiger partial charge in [0, 0.05) is 24.2 Å². The third-order valence-corrected chi connectivity index (χ3v) is 7.73. The molecule has 1 amide bonds. The van der Waals surface area contributed by atoms with Gasteiger partial charge in [0.1, 0.15) is 12.4 Å². The normalized spacial score (nSPS) is 20.3. The molecule has 0 aromatic heterocycles. The third-order valence-electron chi connectivity index (χ3n) is 7.73. The number of ether oxygens (including phenoxy) is 2. The Balaban J connectivity index is 1.86. The first-order valence-corrected chi connectivity index (χ1v) is 13.7. The quantitative estimate of drug-likeness (QED) is 0.480. The first-order chi connectivity index (χ1) is 17.9. The molecule has 38 heavy (non-hydrogen) atoms. The summed E-state index contributed by atoms with van der Waals surface area (Å²) >= 11 is 0. The fraction of sp³-hybridized carbons (Fsp3) is 0.548. The number of aliphatic carboxylic acids is 1. The molecule has 1 aliphatic carbocycles. The van der Waals surface area contributed by atoms with E-state index >= 15 is 0 Å². The lowest BCUT2D eigenvalue weighted by atomic mass is 9.84. The van der Waals surface area contributed by atoms with Crippen molar-refractivity contribution in [3.63, 3.8) is 0 Å². The number of anilines is 1. The molecule has 2 aromatic carbocycles. The van der Waals surface area contributed by atoms with E-state index in [0.717, 1.165) is 60.4 Å². The van der Waals surface area contributed by atoms with Gasteiger partial charge in [-0.1, -0.05) is 13.0 Å². The summed E-state index contributed by atoms with van der Waals surface area (Å²) in [5.41, 5.74) is 4.43. The van der Waals surface area contributed by atoms with Crippen molar-refractivity contribution in [2.45, 2.75) is 85.0 Å². The number of carboxylic acids is 1. The molecule has 7 heteroatoms. The molecule has 2 aliphatic rings. The number of amides is 1. The summed E-state index contributed by atoms with van der Waals surface area (Å²) in [7, 11) is 2.02. The van der Waals surface area contributed by atoms with Gasteiger partial charge in [-0.15, -0.1) is 0 Å². The highest BCUT2D eigenvalue weighted by molar-refractivity contribution is 5.99. The number of benzene rings is 2. The second-order valence-corrected chi connectivity index (χ2v) is 12.0. The standard InChI is InChI=1S/C31H42N2O5/c1-18-8-11-22(12-9-18)32-29(34)23-16-19(2)26(28(30(35)36)38-31(4,5)6)27(20(23)3)21-10-13-25-24(17-21)33(7)14-15-37-25/h10,13,16-18,22,28H,8-9,11-12,14-15H2,1-7H3,(H,32,34)(H,35,36)/t18?,22?,28-/m0/s1. The van der Waals surface area contributed by atoms with Gasteiger partial charge in [-0.05, 0) is 107 Å². The van der Waals surface area contributed by atoms with Gasteiger partial charge in [0.25, 0.3) is 5.91 Å². The van der Waals surface area contributed by atoms with Crippen molar-refractivity contribution < 1.29 is 24.2 Å². The topological polar surface area (TPSA) is 88.1 Å². The molecule has 1 saturated carbocycles. The van der Waals surface area contributed by atoms with E-state index in [1.54, 1.807) is 0 Å². The molecule has 1 fully saturated rings. The van der Waals surface area contributed by atoms with E-state index in [4.69, 9.17) is 9.47 Å². The fourth-order valence-electron chi connectivity index (χ4n) is 5.64. The van der Waals surface area contributed by atoms with Crippen molar-refractivity contribution in [1.82, 2.24) is 5.32 Å². The number of hydrogen-bond donors (Lipinski definition) is 2. The van der Waals surface area contributed by atoms with Crippen molar-refractivity contribution in [1.29, 1.82) is 0 Å². The number of likely N-dealkylation sites (N-methyl/N-ethyl adjacent to an activating group) is 1. The molecular formula is C31H42N2O5. The van der Waals surface area contributed by atoms with Crippen molar-refractivity contribution in [3.05, 3.63) is 46.5 Å². The maximum Gasteiger partial charge on any atom is 0.337 e. The number of aryl methyl sites for hydroxylation is 1. The molecule has 7 nitrogen and oxygen atoms in total. The minimum atomic E-state index is -1.19. The summed E-state index contributed by atoms with van der Waals surface area (Å²) < 4.78 is 12.0. The number of carboxylic acid groups (broad SMARTS) is 1. The van der Waals surface area contributed by atoms with Crippen LogP contribution < -0.4 is 15.0 Å². The summed E-state index contributed by atoms with van der Waals surface area (Å²) in [6.07, 6.45) is 3.00. The van der Waals surface area contributed by atoms with Crippen LogP contribution in [0.15, 0.2) is 24.3 Å². The van der Waals surface area contributed by atoms with E-state index in [0.29, 0.717) is 29.2 Å². The monoisotopic (exact) mass is 522 g/mol. The van der Waals surface area contributed by atoms with Gasteiger partial charge in [0.15, 0.2) is 6.10 Å². The molecule has 0 saturated heterocycles. The lowest BCUT2D eigenvalue weighted by Gasteiger charge is -2.31. The SMILES string of the molecule is Cc1cc(C(=O)NC2CCC(C)CC2)c(C)c(-c2ccc3c(c2)N(C)CCO3)c1[C@H](OC(C)(C)C)C(=O)O. The molecule has 0 unspecified atom stereocenters. The smallest absolute Gasteiger partial charge is 0.337 e. The Kier molecular flexibility index (Phi) is 8.07. The van der Waals surface area contributed by atoms with E-state index in [2.05, 4.69) is 17.1 Å². The Hall–Kier alpha value is -3.06. The van der Waals surface area contributed by atoms with Gasteiger partial charge in [-0.2, -0.15) is 0 Å². The van der Waals surface area contributed by atoms with E-state index < -0.39 is 17.7 Å². The van der Waals surface area contributed by atoms with E-state index in [1.165, 1.54) is 0 Å². The summed E-state index contributed by atoms with van der Waals surface area (Å²) in [6.45, 7) is 13.0. The molecule has 4 rings (SSSR count). The number of rotatable bonds is 6. The maximum absolute atomic E-state index is 13.6. The molecule has 1 aliphatic heterocycles. The number of fused-ring (bicyclic) bond motifs is 1. The van der Waals surface area contributed by atoms with Gasteiger partial charge in [-0.3, -0.25) is 4.79 Å². The lowest BCUT2D eigenvalue weighted by Crippen LogP contribution is -2.38. The first kappa shape index (κ1) is 28.0. The number of carbonyl (C=O) groups excluding carboxylic acids is 1. The maximum atomic E-state index is 13.6. The molecule has 206 valence electrons. The summed E-state index contributed by atoms with van der Waals surface area (Å²) in [5.74, 6) is 0.315. The van der Waals surface area contributed by atoms with Crippen LogP contribution in [0.4, 0.5) is 5.69 Å². The van der Waals surface area contributed by atoms with Crippen LogP contribution in [-0.4, -0.2) is 48.8 Å². The largest absolute Gasteiger partial charge is 0.490 e. The highest BCUT2D eigenvalue weighted by atomic mass is 16.5. The zero-order valence-electron chi connectivity index (χ0n) is 23.8. The van der Waals surface area contributed by atoms with Crippen molar-refractivity contribution in [3.8, 4) is 16.9 Å². The molecule has 2 N–H and O–H groups in total. The Morgan fingerprint density at radius 3 is 2.45 bits per heavy atom. The van der Waals surface area contributed by atoms with Crippen LogP contribution in [0.5, 0.6) is 5.75 Å². The third kappa shape index (κ3) is 5.98. The molecule has 1 atom stereocenters. The van der Waals surface area contributed by atoms with Crippen LogP contribution in [0.1, 0.15) is 86.5 Å². The Morgan fingerprint density at radius 2 is 1.82 bits per heavy atom. The van der Waals surface area contributed by atoms with Gasteiger partial charge in [0.2, 0.25) is 0 Å². The Bertz CT molecular complexity index is 1210. The molecule has 0 radical (unpaired) electrons. The molecular weight excluding hydrogens is 480 g/mol. The molecule has 0 spiro atoms. The van der Waals surface area contributed by atoms with Gasteiger partial charge in [0.05, 0.1) is 17.8 Å². The highest BCUT2D eigenvalue weighted by Crippen LogP contribution is 2.42. The van der Waals surface area contributed by atoms with Crippen molar-refractivity contribution >= 4 is 17.6 Å². The fourth-order valence-corrected chi connectivity index (χ4v) is 5.64. The number of carbonyl (C=O) groups is 2. The van der Waals surface area contributed by atoms with E-state index in [-0.39, 0.29) is 11.9 Å². The van der Waals surface area contributed by atoms with Gasteiger partial charge in [-0.25, -0.2) is 4.79 Å². The number of hydrogen-bond acceptors (Lipinski definition) is 5. The predicted molar refractivity (Wildman–Crippen MR) is 150 cm³/mol. The van der Waals surface area contributed by atoms with E-state index in [9.17, 15) is 14.7 Å². The van der Waals surface area contributed by atoms with Crippen molar-refractivity contribution in [2.75, 3.05) is 25.1 Å². The summed E-state index contributed by atoms with van der Waals surface area (Å²) in [5, 5.41) is 13.5. The van der Waals surface area contributed by atoms with Crippen LogP contribution in [0.3, 0.4) is 0 Å².